The molecule has 34 heavy (non-hydrogen) atoms. The Hall–Kier alpha value is -3.85. The van der Waals surface area contributed by atoms with Crippen molar-refractivity contribution in [2.75, 3.05) is 19.0 Å². The van der Waals surface area contributed by atoms with E-state index in [0.29, 0.717) is 41.3 Å². The van der Waals surface area contributed by atoms with Crippen molar-refractivity contribution < 1.29 is 23.4 Å². The maximum absolute atomic E-state index is 14.0. The topological polar surface area (TPSA) is 75.5 Å². The molecule has 7 nitrogen and oxygen atoms in total. The van der Waals surface area contributed by atoms with E-state index in [0.717, 1.165) is 5.69 Å². The predicted molar refractivity (Wildman–Crippen MR) is 125 cm³/mol. The fourth-order valence-corrected chi connectivity index (χ4v) is 4.32. The molecule has 0 amide bonds. The first-order valence-corrected chi connectivity index (χ1v) is 11.6. The zero-order valence-electron chi connectivity index (χ0n) is 18.0. The van der Waals surface area contributed by atoms with Crippen LogP contribution in [-0.4, -0.2) is 39.5 Å². The summed E-state index contributed by atoms with van der Waals surface area (Å²) >= 11 is 1.27. The number of para-hydroxylation sites is 2. The summed E-state index contributed by atoms with van der Waals surface area (Å²) in [4.78, 5) is 12.9. The van der Waals surface area contributed by atoms with Gasteiger partial charge in [-0.25, -0.2) is 4.39 Å². The maximum atomic E-state index is 14.0. The van der Waals surface area contributed by atoms with Crippen LogP contribution in [0.15, 0.2) is 78.0 Å². The summed E-state index contributed by atoms with van der Waals surface area (Å²) in [6.07, 6.45) is 0. The van der Waals surface area contributed by atoms with Gasteiger partial charge in [0.2, 0.25) is 0 Å². The van der Waals surface area contributed by atoms with Gasteiger partial charge in [0.05, 0.1) is 5.75 Å². The molecule has 0 unspecified atom stereocenters. The van der Waals surface area contributed by atoms with E-state index in [2.05, 4.69) is 10.2 Å². The molecule has 2 heterocycles. The number of fused-ring (bicyclic) bond motifs is 1. The second-order valence-electron chi connectivity index (χ2n) is 7.36. The third kappa shape index (κ3) is 4.74. The Morgan fingerprint density at radius 1 is 0.971 bits per heavy atom. The van der Waals surface area contributed by atoms with E-state index in [1.165, 1.54) is 17.8 Å². The van der Waals surface area contributed by atoms with Crippen LogP contribution in [0.2, 0.25) is 0 Å². The van der Waals surface area contributed by atoms with Crippen molar-refractivity contribution in [2.45, 2.75) is 11.8 Å². The summed E-state index contributed by atoms with van der Waals surface area (Å²) in [6.45, 7) is 0.963. The molecule has 9 heteroatoms. The lowest BCUT2D eigenvalue weighted by Gasteiger charge is -2.18. The molecule has 172 valence electrons. The molecule has 1 aromatic heterocycles. The fraction of sp³-hybridized carbons (Fsp3) is 0.160. The van der Waals surface area contributed by atoms with Crippen LogP contribution in [0.4, 0.5) is 4.39 Å². The first-order valence-electron chi connectivity index (χ1n) is 10.6. The maximum Gasteiger partial charge on any atom is 0.196 e. The van der Waals surface area contributed by atoms with E-state index in [1.807, 2.05) is 34.9 Å². The molecular weight excluding hydrogens is 457 g/mol. The summed E-state index contributed by atoms with van der Waals surface area (Å²) in [5.41, 5.74) is 1.35. The van der Waals surface area contributed by atoms with Crippen LogP contribution >= 0.6 is 11.8 Å². The molecule has 0 bridgehead atoms. The van der Waals surface area contributed by atoms with Gasteiger partial charge in [-0.2, -0.15) is 0 Å². The molecule has 1 aliphatic rings. The van der Waals surface area contributed by atoms with Crippen LogP contribution in [-0.2, 0) is 6.61 Å². The SMILES string of the molecule is O=C(CSc1nnc(COc2ccccc2F)n1-c1ccccc1)c1ccc2c(c1)OCCO2. The monoisotopic (exact) mass is 477 g/mol. The van der Waals surface area contributed by atoms with Gasteiger partial charge in [-0.3, -0.25) is 9.36 Å². The lowest BCUT2D eigenvalue weighted by atomic mass is 10.1. The number of rotatable bonds is 8. The van der Waals surface area contributed by atoms with Crippen molar-refractivity contribution in [3.63, 3.8) is 0 Å². The molecule has 1 aliphatic heterocycles. The standard InChI is InChI=1S/C25H20FN3O4S/c26-19-8-4-5-9-21(19)33-15-24-27-28-25(29(24)18-6-2-1-3-7-18)34-16-20(30)17-10-11-22-23(14-17)32-13-12-31-22/h1-11,14H,12-13,15-16H2. The fourth-order valence-electron chi connectivity index (χ4n) is 3.46. The molecule has 0 aliphatic carbocycles. The molecule has 0 N–H and O–H groups in total. The number of carbonyl (C=O) groups is 1. The first-order chi connectivity index (χ1) is 16.7. The molecule has 0 radical (unpaired) electrons. The average Bonchev–Trinajstić information content (AvgIpc) is 3.29. The van der Waals surface area contributed by atoms with Crippen molar-refractivity contribution in [1.29, 1.82) is 0 Å². The number of carbonyl (C=O) groups excluding carboxylic acids is 1. The summed E-state index contributed by atoms with van der Waals surface area (Å²) in [5.74, 6) is 1.46. The van der Waals surface area contributed by atoms with E-state index in [4.69, 9.17) is 14.2 Å². The van der Waals surface area contributed by atoms with E-state index in [1.54, 1.807) is 36.4 Å². The Morgan fingerprint density at radius 2 is 1.74 bits per heavy atom. The third-order valence-corrected chi connectivity index (χ3v) is 6.03. The van der Waals surface area contributed by atoms with Crippen molar-refractivity contribution >= 4 is 17.5 Å². The number of hydrogen-bond acceptors (Lipinski definition) is 7. The first kappa shape index (κ1) is 22.0. The van der Waals surface area contributed by atoms with Crippen LogP contribution < -0.4 is 14.2 Å². The van der Waals surface area contributed by atoms with E-state index in [-0.39, 0.29) is 23.9 Å². The number of aromatic nitrogens is 3. The Morgan fingerprint density at radius 3 is 2.56 bits per heavy atom. The summed E-state index contributed by atoms with van der Waals surface area (Å²) in [6, 6.07) is 20.9. The number of ketones is 1. The van der Waals surface area contributed by atoms with Crippen LogP contribution in [0.3, 0.4) is 0 Å². The minimum absolute atomic E-state index is 0.0134. The average molecular weight is 478 g/mol. The minimum atomic E-state index is -0.451. The van der Waals surface area contributed by atoms with Gasteiger partial charge in [0.25, 0.3) is 0 Å². The van der Waals surface area contributed by atoms with Gasteiger partial charge in [0, 0.05) is 11.3 Å². The Bertz CT molecular complexity index is 1310. The number of benzene rings is 3. The molecule has 0 saturated heterocycles. The van der Waals surface area contributed by atoms with Gasteiger partial charge in [0.15, 0.2) is 39.8 Å². The highest BCUT2D eigenvalue weighted by atomic mass is 32.2. The molecule has 0 atom stereocenters. The summed E-state index contributed by atoms with van der Waals surface area (Å²) < 4.78 is 32.5. The van der Waals surface area contributed by atoms with Crippen molar-refractivity contribution in [3.05, 3.63) is 90.0 Å². The Kier molecular flexibility index (Phi) is 6.44. The second kappa shape index (κ2) is 9.96. The smallest absolute Gasteiger partial charge is 0.196 e. The number of hydrogen-bond donors (Lipinski definition) is 0. The number of halogens is 1. The molecule has 0 saturated carbocycles. The molecule has 5 rings (SSSR count). The molecule has 0 spiro atoms. The van der Waals surface area contributed by atoms with Crippen LogP contribution in [0.5, 0.6) is 17.2 Å². The van der Waals surface area contributed by atoms with Crippen LogP contribution in [0, 0.1) is 5.82 Å². The number of nitrogens with zero attached hydrogens (tertiary/aromatic N) is 3. The largest absolute Gasteiger partial charge is 0.486 e. The highest BCUT2D eigenvalue weighted by Crippen LogP contribution is 2.31. The molecular formula is C25H20FN3O4S. The van der Waals surface area contributed by atoms with Gasteiger partial charge in [-0.15, -0.1) is 10.2 Å². The van der Waals surface area contributed by atoms with Gasteiger partial charge in [0.1, 0.15) is 19.8 Å². The summed E-state index contributed by atoms with van der Waals surface area (Å²) in [5, 5.41) is 9.04. The minimum Gasteiger partial charge on any atom is -0.486 e. The summed E-state index contributed by atoms with van der Waals surface area (Å²) in [7, 11) is 0. The van der Waals surface area contributed by atoms with Gasteiger partial charge >= 0.3 is 0 Å². The van der Waals surface area contributed by atoms with Crippen molar-refractivity contribution in [3.8, 4) is 22.9 Å². The van der Waals surface area contributed by atoms with Gasteiger partial charge in [-0.05, 0) is 42.5 Å². The second-order valence-corrected chi connectivity index (χ2v) is 8.30. The lowest BCUT2D eigenvalue weighted by Crippen LogP contribution is -2.16. The zero-order valence-corrected chi connectivity index (χ0v) is 18.8. The molecule has 4 aromatic rings. The quantitative estimate of drug-likeness (QED) is 0.268. The zero-order chi connectivity index (χ0) is 23.3. The Labute approximate surface area is 199 Å². The van der Waals surface area contributed by atoms with E-state index >= 15 is 0 Å². The highest BCUT2D eigenvalue weighted by Gasteiger charge is 2.19. The molecule has 0 fully saturated rings. The van der Waals surface area contributed by atoms with Crippen molar-refractivity contribution in [2.24, 2.45) is 0 Å². The van der Waals surface area contributed by atoms with E-state index < -0.39 is 5.82 Å². The van der Waals surface area contributed by atoms with Gasteiger partial charge < -0.3 is 14.2 Å². The number of Topliss-reactive ketones (excluding diaryl/α,β-unsaturated/α-hetero) is 1. The lowest BCUT2D eigenvalue weighted by molar-refractivity contribution is 0.102. The van der Waals surface area contributed by atoms with Crippen LogP contribution in [0.25, 0.3) is 5.69 Å². The third-order valence-electron chi connectivity index (χ3n) is 5.10. The van der Waals surface area contributed by atoms with Crippen molar-refractivity contribution in [1.82, 2.24) is 14.8 Å². The predicted octanol–water partition coefficient (Wildman–Crippen LogP) is 4.73. The Balaban J connectivity index is 1.35. The highest BCUT2D eigenvalue weighted by molar-refractivity contribution is 7.99. The van der Waals surface area contributed by atoms with E-state index in [9.17, 15) is 9.18 Å². The van der Waals surface area contributed by atoms with Crippen LogP contribution in [0.1, 0.15) is 16.2 Å². The normalized spacial score (nSPS) is 12.4. The van der Waals surface area contributed by atoms with Gasteiger partial charge in [-0.1, -0.05) is 42.1 Å². The number of thioether (sulfide) groups is 1. The number of ether oxygens (including phenoxy) is 3. The molecule has 3 aromatic carbocycles.